The molecular formula is C27H32N6O3S. The molecule has 0 radical (unpaired) electrons. The number of hydrogen-bond acceptors (Lipinski definition) is 7. The number of carbonyl (C=O) groups is 1. The van der Waals surface area contributed by atoms with E-state index in [1.54, 1.807) is 40.6 Å². The summed E-state index contributed by atoms with van der Waals surface area (Å²) in [6.45, 7) is 4.87. The first kappa shape index (κ1) is 25.2. The maximum absolute atomic E-state index is 13.2. The second-order valence-electron chi connectivity index (χ2n) is 9.61. The van der Waals surface area contributed by atoms with E-state index in [4.69, 9.17) is 0 Å². The molecule has 2 aromatic carbocycles. The van der Waals surface area contributed by atoms with E-state index >= 15 is 0 Å². The number of benzene rings is 2. The lowest BCUT2D eigenvalue weighted by atomic mass is 10.1. The quantitative estimate of drug-likeness (QED) is 0.534. The van der Waals surface area contributed by atoms with Crippen LogP contribution in [0, 0.1) is 0 Å². The molecule has 1 atom stereocenters. The molecule has 9 nitrogen and oxygen atoms in total. The number of likely N-dealkylation sites (N-methyl/N-ethyl adjacent to an activating group) is 2. The van der Waals surface area contributed by atoms with Gasteiger partial charge in [0.15, 0.2) is 0 Å². The minimum atomic E-state index is -3.58. The predicted molar refractivity (Wildman–Crippen MR) is 146 cm³/mol. The normalized spacial score (nSPS) is 19.1. The van der Waals surface area contributed by atoms with Gasteiger partial charge in [0.25, 0.3) is 0 Å². The van der Waals surface area contributed by atoms with Crippen molar-refractivity contribution in [1.82, 2.24) is 14.2 Å². The molecule has 3 heterocycles. The van der Waals surface area contributed by atoms with E-state index in [9.17, 15) is 13.2 Å². The number of piperazine rings is 1. The van der Waals surface area contributed by atoms with Crippen LogP contribution in [0.4, 0.5) is 22.9 Å². The Bertz CT molecular complexity index is 1390. The van der Waals surface area contributed by atoms with Crippen LogP contribution in [0.2, 0.25) is 0 Å². The van der Waals surface area contributed by atoms with Crippen LogP contribution in [-0.2, 0) is 21.4 Å². The second kappa shape index (κ2) is 10.1. The van der Waals surface area contributed by atoms with Gasteiger partial charge in [0.05, 0.1) is 22.5 Å². The third-order valence-corrected chi connectivity index (χ3v) is 8.98. The first-order valence-electron chi connectivity index (χ1n) is 12.4. The molecule has 194 valence electrons. The van der Waals surface area contributed by atoms with Crippen LogP contribution in [0.1, 0.15) is 12.5 Å². The summed E-state index contributed by atoms with van der Waals surface area (Å²) in [4.78, 5) is 23.5. The molecule has 0 bridgehead atoms. The molecule has 2 aliphatic heterocycles. The highest BCUT2D eigenvalue weighted by Gasteiger charge is 2.34. The van der Waals surface area contributed by atoms with Crippen molar-refractivity contribution in [2.45, 2.75) is 24.4 Å². The standard InChI is InChI=1S/C27H32N6O3S/c1-20-27(34)31(3)25-18-28-26(17-24(25)33(20)19-21-8-5-4-6-9-21)29-22-10-7-11-23(16-22)37(35,36)32-14-12-30(2)13-15-32/h4-11,16-18,20H,12-15,19H2,1-3H3,(H,28,29)/t20-/m1/s1. The number of hydrogen-bond donors (Lipinski definition) is 1. The second-order valence-corrected chi connectivity index (χ2v) is 11.5. The van der Waals surface area contributed by atoms with Crippen molar-refractivity contribution in [3.8, 4) is 0 Å². The van der Waals surface area contributed by atoms with Crippen LogP contribution in [-0.4, -0.2) is 74.8 Å². The van der Waals surface area contributed by atoms with Crippen molar-refractivity contribution >= 4 is 38.8 Å². The van der Waals surface area contributed by atoms with Gasteiger partial charge >= 0.3 is 0 Å². The zero-order chi connectivity index (χ0) is 26.2. The zero-order valence-electron chi connectivity index (χ0n) is 21.3. The molecule has 1 aromatic heterocycles. The maximum Gasteiger partial charge on any atom is 0.249 e. The Hall–Kier alpha value is -3.47. The van der Waals surface area contributed by atoms with E-state index < -0.39 is 10.0 Å². The molecule has 1 saturated heterocycles. The predicted octanol–water partition coefficient (Wildman–Crippen LogP) is 3.13. The molecule has 0 saturated carbocycles. The number of carbonyl (C=O) groups excluding carboxylic acids is 1. The lowest BCUT2D eigenvalue weighted by Gasteiger charge is -2.40. The number of amides is 1. The average molecular weight is 521 g/mol. The number of rotatable bonds is 6. The summed E-state index contributed by atoms with van der Waals surface area (Å²) < 4.78 is 28.0. The first-order chi connectivity index (χ1) is 17.7. The van der Waals surface area contributed by atoms with Gasteiger partial charge in [-0.05, 0) is 37.7 Å². The molecule has 1 fully saturated rings. The number of sulfonamides is 1. The van der Waals surface area contributed by atoms with Crippen LogP contribution in [0.15, 0.2) is 71.8 Å². The fourth-order valence-corrected chi connectivity index (χ4v) is 6.27. The number of aromatic nitrogens is 1. The van der Waals surface area contributed by atoms with E-state index in [1.807, 2.05) is 56.4 Å². The lowest BCUT2D eigenvalue weighted by molar-refractivity contribution is -0.119. The summed E-state index contributed by atoms with van der Waals surface area (Å²) >= 11 is 0. The summed E-state index contributed by atoms with van der Waals surface area (Å²) in [5, 5.41) is 3.27. The van der Waals surface area contributed by atoms with Crippen molar-refractivity contribution in [1.29, 1.82) is 0 Å². The summed E-state index contributed by atoms with van der Waals surface area (Å²) in [5.41, 5.74) is 3.35. The van der Waals surface area contributed by atoms with Crippen molar-refractivity contribution in [2.75, 3.05) is 55.4 Å². The minimum Gasteiger partial charge on any atom is -0.354 e. The van der Waals surface area contributed by atoms with Gasteiger partial charge in [-0.2, -0.15) is 4.31 Å². The number of nitrogens with one attached hydrogen (secondary N) is 1. The third-order valence-electron chi connectivity index (χ3n) is 7.09. The number of pyridine rings is 1. The largest absolute Gasteiger partial charge is 0.354 e. The van der Waals surface area contributed by atoms with Crippen LogP contribution in [0.5, 0.6) is 0 Å². The lowest BCUT2D eigenvalue weighted by Crippen LogP contribution is -2.50. The highest BCUT2D eigenvalue weighted by Crippen LogP contribution is 2.38. The van der Waals surface area contributed by atoms with Crippen molar-refractivity contribution < 1.29 is 13.2 Å². The average Bonchev–Trinajstić information content (AvgIpc) is 2.91. The number of fused-ring (bicyclic) bond motifs is 1. The smallest absolute Gasteiger partial charge is 0.249 e. The van der Waals surface area contributed by atoms with Gasteiger partial charge in [-0.15, -0.1) is 0 Å². The van der Waals surface area contributed by atoms with Crippen molar-refractivity contribution in [3.63, 3.8) is 0 Å². The molecule has 37 heavy (non-hydrogen) atoms. The Morgan fingerprint density at radius 3 is 2.41 bits per heavy atom. The highest BCUT2D eigenvalue weighted by molar-refractivity contribution is 7.89. The highest BCUT2D eigenvalue weighted by atomic mass is 32.2. The Morgan fingerprint density at radius 1 is 0.946 bits per heavy atom. The molecule has 1 N–H and O–H groups in total. The summed E-state index contributed by atoms with van der Waals surface area (Å²) in [6.07, 6.45) is 1.68. The SMILES string of the molecule is C[C@@H]1C(=O)N(C)c2cnc(Nc3cccc(S(=O)(=O)N4CCN(C)CC4)c3)cc2N1Cc1ccccc1. The zero-order valence-corrected chi connectivity index (χ0v) is 22.1. The van der Waals surface area contributed by atoms with Crippen molar-refractivity contribution in [3.05, 3.63) is 72.4 Å². The topological polar surface area (TPSA) is 89.1 Å². The van der Waals surface area contributed by atoms with E-state index in [0.717, 1.165) is 16.9 Å². The number of anilines is 4. The van der Waals surface area contributed by atoms with E-state index in [1.165, 1.54) is 0 Å². The molecule has 1 amide bonds. The first-order valence-corrected chi connectivity index (χ1v) is 13.8. The summed E-state index contributed by atoms with van der Waals surface area (Å²) in [7, 11) is 0.174. The van der Waals surface area contributed by atoms with Gasteiger partial charge in [0, 0.05) is 51.5 Å². The van der Waals surface area contributed by atoms with Crippen LogP contribution in [0.25, 0.3) is 0 Å². The van der Waals surface area contributed by atoms with E-state index in [-0.39, 0.29) is 16.8 Å². The summed E-state index contributed by atoms with van der Waals surface area (Å²) in [5.74, 6) is 0.577. The molecule has 0 spiro atoms. The maximum atomic E-state index is 13.2. The molecule has 0 unspecified atom stereocenters. The molecular weight excluding hydrogens is 488 g/mol. The monoisotopic (exact) mass is 520 g/mol. The Morgan fingerprint density at radius 2 is 1.68 bits per heavy atom. The molecule has 2 aliphatic rings. The van der Waals surface area contributed by atoms with Gasteiger partial charge in [0.2, 0.25) is 15.9 Å². The molecule has 3 aromatic rings. The van der Waals surface area contributed by atoms with Gasteiger partial charge in [-0.25, -0.2) is 13.4 Å². The fraction of sp³-hybridized carbons (Fsp3) is 0.333. The fourth-order valence-electron chi connectivity index (χ4n) is 4.80. The van der Waals surface area contributed by atoms with E-state index in [2.05, 4.69) is 20.1 Å². The van der Waals surface area contributed by atoms with Crippen LogP contribution in [0.3, 0.4) is 0 Å². The molecule has 10 heteroatoms. The third kappa shape index (κ3) is 5.04. The molecule has 0 aliphatic carbocycles. The Balaban J connectivity index is 1.42. The summed E-state index contributed by atoms with van der Waals surface area (Å²) in [6, 6.07) is 18.4. The molecule has 5 rings (SSSR count). The van der Waals surface area contributed by atoms with Gasteiger partial charge in [-0.3, -0.25) is 4.79 Å². The van der Waals surface area contributed by atoms with Crippen LogP contribution < -0.4 is 15.1 Å². The Labute approximate surface area is 218 Å². The van der Waals surface area contributed by atoms with Gasteiger partial charge < -0.3 is 20.0 Å². The minimum absolute atomic E-state index is 0.00718. The Kier molecular flexibility index (Phi) is 6.89. The van der Waals surface area contributed by atoms with Crippen LogP contribution >= 0.6 is 0 Å². The van der Waals surface area contributed by atoms with Crippen molar-refractivity contribution in [2.24, 2.45) is 0 Å². The van der Waals surface area contributed by atoms with Gasteiger partial charge in [0.1, 0.15) is 11.9 Å². The van der Waals surface area contributed by atoms with Gasteiger partial charge in [-0.1, -0.05) is 36.4 Å². The van der Waals surface area contributed by atoms with E-state index in [0.29, 0.717) is 44.2 Å². The number of nitrogens with zero attached hydrogens (tertiary/aromatic N) is 5.